The van der Waals surface area contributed by atoms with E-state index < -0.39 is 17.5 Å². The van der Waals surface area contributed by atoms with Crippen molar-refractivity contribution in [2.75, 3.05) is 13.1 Å². The predicted octanol–water partition coefficient (Wildman–Crippen LogP) is 2.69. The molecule has 1 aromatic rings. The van der Waals surface area contributed by atoms with Gasteiger partial charge in [0, 0.05) is 19.1 Å². The average molecular weight is 295 g/mol. The fourth-order valence-electron chi connectivity index (χ4n) is 2.35. The normalized spacial score (nSPS) is 24.1. The molecule has 0 aromatic heterocycles. The van der Waals surface area contributed by atoms with Crippen LogP contribution in [0.4, 0.5) is 13.2 Å². The lowest BCUT2D eigenvalue weighted by atomic mass is 9.94. The monoisotopic (exact) mass is 294 g/mol. The van der Waals surface area contributed by atoms with Gasteiger partial charge in [-0.15, -0.1) is 12.4 Å². The van der Waals surface area contributed by atoms with Crippen LogP contribution in [-0.4, -0.2) is 24.0 Å². The molecule has 1 saturated heterocycles. The smallest absolute Gasteiger partial charge is 0.194 e. The molecule has 1 fully saturated rings. The quantitative estimate of drug-likeness (QED) is 0.850. The molecule has 2 nitrogen and oxygen atoms in total. The predicted molar refractivity (Wildman–Crippen MR) is 70.6 cm³/mol. The van der Waals surface area contributed by atoms with E-state index in [9.17, 15) is 13.2 Å². The summed E-state index contributed by atoms with van der Waals surface area (Å²) in [7, 11) is 0. The Balaban J connectivity index is 0.00000180. The number of nitrogens with two attached hydrogens (primary N) is 1. The summed E-state index contributed by atoms with van der Waals surface area (Å²) in [6, 6.07) is 2.29. The molecule has 6 heteroatoms. The van der Waals surface area contributed by atoms with Crippen LogP contribution < -0.4 is 5.73 Å². The second-order valence-corrected chi connectivity index (χ2v) is 5.04. The van der Waals surface area contributed by atoms with Crippen molar-refractivity contribution in [1.29, 1.82) is 0 Å². The summed E-state index contributed by atoms with van der Waals surface area (Å²) in [5.74, 6) is -3.32. The van der Waals surface area contributed by atoms with Gasteiger partial charge in [0.25, 0.3) is 0 Å². The van der Waals surface area contributed by atoms with Crippen molar-refractivity contribution in [3.05, 3.63) is 35.1 Å². The van der Waals surface area contributed by atoms with Gasteiger partial charge in [-0.05, 0) is 36.6 Å². The molecule has 0 bridgehead atoms. The van der Waals surface area contributed by atoms with Crippen LogP contribution in [0.25, 0.3) is 0 Å². The molecule has 1 aliphatic rings. The highest BCUT2D eigenvalue weighted by atomic mass is 35.5. The summed E-state index contributed by atoms with van der Waals surface area (Å²) in [6.07, 6.45) is 0.868. The summed E-state index contributed by atoms with van der Waals surface area (Å²) in [5, 5.41) is 0. The first-order chi connectivity index (χ1) is 8.47. The van der Waals surface area contributed by atoms with E-state index in [1.165, 1.54) is 0 Å². The van der Waals surface area contributed by atoms with Crippen LogP contribution >= 0.6 is 12.4 Å². The first kappa shape index (κ1) is 16.3. The molecule has 0 spiro atoms. The molecule has 0 radical (unpaired) electrons. The van der Waals surface area contributed by atoms with E-state index in [1.807, 2.05) is 0 Å². The molecule has 1 aromatic carbocycles. The van der Waals surface area contributed by atoms with Gasteiger partial charge >= 0.3 is 0 Å². The van der Waals surface area contributed by atoms with Crippen LogP contribution in [0.15, 0.2) is 12.1 Å². The molecule has 2 rings (SSSR count). The molecule has 108 valence electrons. The van der Waals surface area contributed by atoms with Gasteiger partial charge in [-0.2, -0.15) is 0 Å². The minimum Gasteiger partial charge on any atom is -0.327 e. The Labute approximate surface area is 117 Å². The van der Waals surface area contributed by atoms with E-state index in [-0.39, 0.29) is 18.4 Å². The van der Waals surface area contributed by atoms with E-state index in [4.69, 9.17) is 5.73 Å². The van der Waals surface area contributed by atoms with Crippen LogP contribution in [0.1, 0.15) is 18.9 Å². The maximum atomic E-state index is 13.1. The molecule has 2 unspecified atom stereocenters. The number of benzene rings is 1. The lowest BCUT2D eigenvalue weighted by molar-refractivity contribution is 0.157. The molecular weight excluding hydrogens is 277 g/mol. The molecule has 0 aliphatic carbocycles. The average Bonchev–Trinajstić information content (AvgIpc) is 2.31. The van der Waals surface area contributed by atoms with Crippen LogP contribution in [0, 0.1) is 23.4 Å². The minimum absolute atomic E-state index is 0. The number of halogens is 4. The van der Waals surface area contributed by atoms with Crippen LogP contribution in [-0.2, 0) is 6.54 Å². The van der Waals surface area contributed by atoms with Gasteiger partial charge in [0.15, 0.2) is 17.5 Å². The standard InChI is InChI=1S/C13H17F3N2.ClH/c1-8-6-18(3-2-12(8)17)7-9-4-10(14)13(16)11(15)5-9;/h4-5,8,12H,2-3,6-7,17H2,1H3;1H. The van der Waals surface area contributed by atoms with Gasteiger partial charge in [-0.3, -0.25) is 4.90 Å². The minimum atomic E-state index is -1.41. The zero-order chi connectivity index (χ0) is 13.3. The molecule has 2 atom stereocenters. The van der Waals surface area contributed by atoms with Crippen molar-refractivity contribution in [3.8, 4) is 0 Å². The van der Waals surface area contributed by atoms with Gasteiger partial charge in [0.05, 0.1) is 0 Å². The second kappa shape index (κ2) is 6.59. The summed E-state index contributed by atoms with van der Waals surface area (Å²) < 4.78 is 39.0. The fourth-order valence-corrected chi connectivity index (χ4v) is 2.35. The highest BCUT2D eigenvalue weighted by Crippen LogP contribution is 2.19. The Kier molecular flexibility index (Phi) is 5.64. The van der Waals surface area contributed by atoms with Crippen molar-refractivity contribution >= 4 is 12.4 Å². The second-order valence-electron chi connectivity index (χ2n) is 5.04. The number of nitrogens with zero attached hydrogens (tertiary/aromatic N) is 1. The summed E-state index contributed by atoms with van der Waals surface area (Å²) in [5.41, 5.74) is 6.36. The number of likely N-dealkylation sites (tertiary alicyclic amines) is 1. The Morgan fingerprint density at radius 1 is 1.26 bits per heavy atom. The number of piperidine rings is 1. The van der Waals surface area contributed by atoms with Gasteiger partial charge in [0.2, 0.25) is 0 Å². The summed E-state index contributed by atoms with van der Waals surface area (Å²) in [4.78, 5) is 2.08. The van der Waals surface area contributed by atoms with Crippen molar-refractivity contribution in [3.63, 3.8) is 0 Å². The van der Waals surface area contributed by atoms with Gasteiger partial charge in [0.1, 0.15) is 0 Å². The van der Waals surface area contributed by atoms with Gasteiger partial charge in [-0.1, -0.05) is 6.92 Å². The molecule has 1 heterocycles. The lowest BCUT2D eigenvalue weighted by Crippen LogP contribution is -2.45. The summed E-state index contributed by atoms with van der Waals surface area (Å²) in [6.45, 7) is 4.07. The highest BCUT2D eigenvalue weighted by Gasteiger charge is 2.23. The Morgan fingerprint density at radius 2 is 1.84 bits per heavy atom. The zero-order valence-corrected chi connectivity index (χ0v) is 11.5. The Morgan fingerprint density at radius 3 is 2.37 bits per heavy atom. The fraction of sp³-hybridized carbons (Fsp3) is 0.538. The van der Waals surface area contributed by atoms with E-state index in [1.54, 1.807) is 0 Å². The third-order valence-corrected chi connectivity index (χ3v) is 3.51. The number of hydrogen-bond acceptors (Lipinski definition) is 2. The van der Waals surface area contributed by atoms with Gasteiger partial charge in [-0.25, -0.2) is 13.2 Å². The molecule has 1 aliphatic heterocycles. The Bertz CT molecular complexity index is 419. The molecular formula is C13H18ClF3N2. The third kappa shape index (κ3) is 3.84. The van der Waals surface area contributed by atoms with Crippen molar-refractivity contribution in [1.82, 2.24) is 4.90 Å². The largest absolute Gasteiger partial charge is 0.327 e. The third-order valence-electron chi connectivity index (χ3n) is 3.51. The molecule has 19 heavy (non-hydrogen) atoms. The SMILES string of the molecule is CC1CN(Cc2cc(F)c(F)c(F)c2)CCC1N.Cl. The highest BCUT2D eigenvalue weighted by molar-refractivity contribution is 5.85. The van der Waals surface area contributed by atoms with Crippen molar-refractivity contribution in [2.45, 2.75) is 25.9 Å². The van der Waals surface area contributed by atoms with Crippen LogP contribution in [0.5, 0.6) is 0 Å². The van der Waals surface area contributed by atoms with Crippen LogP contribution in [0.3, 0.4) is 0 Å². The van der Waals surface area contributed by atoms with E-state index >= 15 is 0 Å². The molecule has 0 amide bonds. The molecule has 2 N–H and O–H groups in total. The summed E-state index contributed by atoms with van der Waals surface area (Å²) >= 11 is 0. The zero-order valence-electron chi connectivity index (χ0n) is 10.7. The Hall–Kier alpha value is -0.780. The lowest BCUT2D eigenvalue weighted by Gasteiger charge is -2.35. The van der Waals surface area contributed by atoms with E-state index in [0.717, 1.165) is 31.6 Å². The van der Waals surface area contributed by atoms with Gasteiger partial charge < -0.3 is 5.73 Å². The maximum absolute atomic E-state index is 13.1. The van der Waals surface area contributed by atoms with E-state index in [0.29, 0.717) is 18.0 Å². The van der Waals surface area contributed by atoms with Crippen molar-refractivity contribution in [2.24, 2.45) is 11.7 Å². The number of rotatable bonds is 2. The van der Waals surface area contributed by atoms with Crippen LogP contribution in [0.2, 0.25) is 0 Å². The number of hydrogen-bond donors (Lipinski definition) is 1. The van der Waals surface area contributed by atoms with E-state index in [2.05, 4.69) is 11.8 Å². The maximum Gasteiger partial charge on any atom is 0.194 e. The first-order valence-corrected chi connectivity index (χ1v) is 6.08. The molecule has 0 saturated carbocycles. The topological polar surface area (TPSA) is 29.3 Å². The van der Waals surface area contributed by atoms with Crippen molar-refractivity contribution < 1.29 is 13.2 Å². The first-order valence-electron chi connectivity index (χ1n) is 6.08.